The van der Waals surface area contributed by atoms with E-state index in [4.69, 9.17) is 5.73 Å². The summed E-state index contributed by atoms with van der Waals surface area (Å²) in [6, 6.07) is 1.75. The number of amides is 1. The van der Waals surface area contributed by atoms with Gasteiger partial charge in [-0.2, -0.15) is 0 Å². The first-order valence-corrected chi connectivity index (χ1v) is 8.84. The van der Waals surface area contributed by atoms with Crippen LogP contribution in [-0.2, 0) is 4.79 Å². The Morgan fingerprint density at radius 2 is 1.71 bits per heavy atom. The van der Waals surface area contributed by atoms with Gasteiger partial charge >= 0.3 is 0 Å². The molecule has 0 aromatic rings. The number of carbonyl (C=O) groups is 1. The maximum absolute atomic E-state index is 12.7. The molecular formula is C17H31N3O. The lowest BCUT2D eigenvalue weighted by atomic mass is 9.76. The Balaban J connectivity index is 1.60. The van der Waals surface area contributed by atoms with Crippen LogP contribution in [0.15, 0.2) is 0 Å². The van der Waals surface area contributed by atoms with Crippen molar-refractivity contribution in [2.45, 2.75) is 82.5 Å². The largest absolute Gasteiger partial charge is 0.353 e. The first kappa shape index (κ1) is 15.3. The molecule has 2 bridgehead atoms. The summed E-state index contributed by atoms with van der Waals surface area (Å²) in [6.07, 6.45) is 9.49. The predicted molar refractivity (Wildman–Crippen MR) is 84.8 cm³/mol. The molecule has 0 radical (unpaired) electrons. The van der Waals surface area contributed by atoms with Gasteiger partial charge in [0.05, 0.1) is 5.92 Å². The maximum atomic E-state index is 12.7. The molecule has 5 unspecified atom stereocenters. The lowest BCUT2D eigenvalue weighted by Gasteiger charge is -2.47. The van der Waals surface area contributed by atoms with E-state index in [-0.39, 0.29) is 17.9 Å². The molecular weight excluding hydrogens is 262 g/mol. The van der Waals surface area contributed by atoms with Gasteiger partial charge in [0.25, 0.3) is 0 Å². The topological polar surface area (TPSA) is 58.4 Å². The van der Waals surface area contributed by atoms with E-state index in [0.29, 0.717) is 24.0 Å². The van der Waals surface area contributed by atoms with Gasteiger partial charge in [-0.25, -0.2) is 0 Å². The fourth-order valence-electron chi connectivity index (χ4n) is 4.94. The van der Waals surface area contributed by atoms with E-state index in [1.807, 2.05) is 0 Å². The second kappa shape index (κ2) is 6.25. The molecule has 2 aliphatic heterocycles. The highest BCUT2D eigenvalue weighted by Gasteiger charge is 2.39. The molecule has 0 spiro atoms. The first-order valence-electron chi connectivity index (χ1n) is 8.84. The Kier molecular flexibility index (Phi) is 4.55. The number of nitrogens with zero attached hydrogens (tertiary/aromatic N) is 1. The van der Waals surface area contributed by atoms with Crippen molar-refractivity contribution in [3.05, 3.63) is 0 Å². The molecule has 4 nitrogen and oxygen atoms in total. The van der Waals surface area contributed by atoms with Crippen LogP contribution < -0.4 is 11.1 Å². The van der Waals surface area contributed by atoms with Crippen LogP contribution in [0.4, 0.5) is 0 Å². The van der Waals surface area contributed by atoms with Crippen molar-refractivity contribution in [2.75, 3.05) is 7.05 Å². The number of nitrogens with two attached hydrogens (primary N) is 1. The summed E-state index contributed by atoms with van der Waals surface area (Å²) >= 11 is 0. The highest BCUT2D eigenvalue weighted by atomic mass is 16.2. The Bertz CT molecular complexity index is 362. The zero-order chi connectivity index (χ0) is 15.0. The van der Waals surface area contributed by atoms with E-state index < -0.39 is 0 Å². The van der Waals surface area contributed by atoms with E-state index >= 15 is 0 Å². The fourth-order valence-corrected chi connectivity index (χ4v) is 4.94. The van der Waals surface area contributed by atoms with Gasteiger partial charge in [0.1, 0.15) is 0 Å². The number of fused-ring (bicyclic) bond motifs is 2. The third kappa shape index (κ3) is 3.11. The Labute approximate surface area is 128 Å². The van der Waals surface area contributed by atoms with E-state index in [2.05, 4.69) is 24.2 Å². The number of carbonyl (C=O) groups excluding carboxylic acids is 1. The molecule has 3 rings (SSSR count). The van der Waals surface area contributed by atoms with Crippen LogP contribution >= 0.6 is 0 Å². The van der Waals surface area contributed by atoms with Crippen molar-refractivity contribution in [1.29, 1.82) is 0 Å². The van der Waals surface area contributed by atoms with Crippen LogP contribution in [0.2, 0.25) is 0 Å². The van der Waals surface area contributed by atoms with E-state index in [9.17, 15) is 4.79 Å². The van der Waals surface area contributed by atoms with Gasteiger partial charge in [-0.05, 0) is 51.5 Å². The molecule has 3 aliphatic rings. The summed E-state index contributed by atoms with van der Waals surface area (Å²) in [5, 5.41) is 3.35. The molecule has 2 heterocycles. The van der Waals surface area contributed by atoms with E-state index in [1.165, 1.54) is 25.7 Å². The molecule has 4 heteroatoms. The molecule has 1 saturated carbocycles. The number of hydrogen-bond acceptors (Lipinski definition) is 3. The quantitative estimate of drug-likeness (QED) is 0.817. The van der Waals surface area contributed by atoms with Crippen LogP contribution in [0.3, 0.4) is 0 Å². The van der Waals surface area contributed by atoms with Gasteiger partial charge in [0.2, 0.25) is 5.91 Å². The highest BCUT2D eigenvalue weighted by molar-refractivity contribution is 5.80. The van der Waals surface area contributed by atoms with Crippen molar-refractivity contribution in [3.63, 3.8) is 0 Å². The van der Waals surface area contributed by atoms with Gasteiger partial charge in [0, 0.05) is 24.2 Å². The van der Waals surface area contributed by atoms with Crippen molar-refractivity contribution in [1.82, 2.24) is 10.2 Å². The van der Waals surface area contributed by atoms with E-state index in [1.54, 1.807) is 0 Å². The lowest BCUT2D eigenvalue weighted by Crippen LogP contribution is -2.57. The Morgan fingerprint density at radius 3 is 2.33 bits per heavy atom. The monoisotopic (exact) mass is 293 g/mol. The Hall–Kier alpha value is -0.610. The Morgan fingerprint density at radius 1 is 1.10 bits per heavy atom. The van der Waals surface area contributed by atoms with E-state index in [0.717, 1.165) is 25.7 Å². The molecule has 21 heavy (non-hydrogen) atoms. The van der Waals surface area contributed by atoms with Crippen molar-refractivity contribution < 1.29 is 4.79 Å². The standard InChI is InChI=1S/C17H31N3O/c1-11-5-3-8-15(18)16(11)17(21)19-12-9-13-6-4-7-14(10-12)20(13)2/h11-16H,3-10,18H2,1-2H3,(H,19,21). The van der Waals surface area contributed by atoms with Crippen LogP contribution in [0.25, 0.3) is 0 Å². The average molecular weight is 293 g/mol. The number of piperidine rings is 2. The zero-order valence-electron chi connectivity index (χ0n) is 13.6. The van der Waals surface area contributed by atoms with Gasteiger partial charge < -0.3 is 16.0 Å². The highest BCUT2D eigenvalue weighted by Crippen LogP contribution is 2.34. The molecule has 5 atom stereocenters. The van der Waals surface area contributed by atoms with Gasteiger partial charge in [0.15, 0.2) is 0 Å². The summed E-state index contributed by atoms with van der Waals surface area (Å²) in [7, 11) is 2.26. The molecule has 120 valence electrons. The predicted octanol–water partition coefficient (Wildman–Crippen LogP) is 1.88. The second-order valence-electron chi connectivity index (χ2n) is 7.68. The molecule has 2 saturated heterocycles. The number of hydrogen-bond donors (Lipinski definition) is 2. The van der Waals surface area contributed by atoms with Gasteiger partial charge in [-0.3, -0.25) is 4.79 Å². The van der Waals surface area contributed by atoms with Gasteiger partial charge in [-0.1, -0.05) is 19.8 Å². The molecule has 3 N–H and O–H groups in total. The van der Waals surface area contributed by atoms with Gasteiger partial charge in [-0.15, -0.1) is 0 Å². The molecule has 3 fully saturated rings. The lowest BCUT2D eigenvalue weighted by molar-refractivity contribution is -0.129. The smallest absolute Gasteiger partial charge is 0.225 e. The van der Waals surface area contributed by atoms with Crippen LogP contribution in [0.1, 0.15) is 58.3 Å². The molecule has 0 aromatic carbocycles. The summed E-state index contributed by atoms with van der Waals surface area (Å²) < 4.78 is 0. The van der Waals surface area contributed by atoms with Crippen molar-refractivity contribution in [3.8, 4) is 0 Å². The first-order chi connectivity index (χ1) is 10.1. The van der Waals surface area contributed by atoms with Crippen molar-refractivity contribution >= 4 is 5.91 Å². The molecule has 0 aromatic heterocycles. The summed E-state index contributed by atoms with van der Waals surface area (Å²) in [5.74, 6) is 0.681. The maximum Gasteiger partial charge on any atom is 0.225 e. The molecule has 1 amide bonds. The zero-order valence-corrected chi connectivity index (χ0v) is 13.6. The average Bonchev–Trinajstić information content (AvgIpc) is 2.39. The van der Waals surface area contributed by atoms with Crippen LogP contribution in [0, 0.1) is 11.8 Å². The number of nitrogens with one attached hydrogen (secondary N) is 1. The summed E-state index contributed by atoms with van der Waals surface area (Å²) in [4.78, 5) is 15.2. The minimum atomic E-state index is 0.0262. The van der Waals surface area contributed by atoms with Crippen molar-refractivity contribution in [2.24, 2.45) is 17.6 Å². The van der Waals surface area contributed by atoms with Crippen LogP contribution in [0.5, 0.6) is 0 Å². The third-order valence-electron chi connectivity index (χ3n) is 6.26. The summed E-state index contributed by atoms with van der Waals surface area (Å²) in [5.41, 5.74) is 6.22. The third-order valence-corrected chi connectivity index (χ3v) is 6.26. The minimum absolute atomic E-state index is 0.0262. The normalized spacial score (nSPS) is 44.3. The van der Waals surface area contributed by atoms with Crippen LogP contribution in [-0.4, -0.2) is 42.0 Å². The summed E-state index contributed by atoms with van der Waals surface area (Å²) in [6.45, 7) is 2.19. The SMILES string of the molecule is CC1CCCC(N)C1C(=O)NC1CC2CCCC(C1)N2C. The second-order valence-corrected chi connectivity index (χ2v) is 7.68. The molecule has 1 aliphatic carbocycles. The minimum Gasteiger partial charge on any atom is -0.353 e. The fraction of sp³-hybridized carbons (Fsp3) is 0.941. The number of rotatable bonds is 2.